The summed E-state index contributed by atoms with van der Waals surface area (Å²) >= 11 is 6.81. The van der Waals surface area contributed by atoms with Gasteiger partial charge in [0.1, 0.15) is 0 Å². The van der Waals surface area contributed by atoms with Gasteiger partial charge in [0.15, 0.2) is 5.65 Å². The van der Waals surface area contributed by atoms with E-state index in [0.717, 1.165) is 15.6 Å². The van der Waals surface area contributed by atoms with Gasteiger partial charge in [-0.15, -0.1) is 0 Å². The number of alkyl halides is 1. The maximum Gasteiger partial charge on any atom is 0.419 e. The minimum atomic E-state index is -0.441. The second kappa shape index (κ2) is 4.55. The van der Waals surface area contributed by atoms with E-state index in [2.05, 4.69) is 36.8 Å². The summed E-state index contributed by atoms with van der Waals surface area (Å²) in [6.07, 6.45) is 1.20. The van der Waals surface area contributed by atoms with Crippen molar-refractivity contribution in [3.8, 4) is 0 Å². The Morgan fingerprint density at radius 1 is 1.62 bits per heavy atom. The van der Waals surface area contributed by atoms with Gasteiger partial charge in [0, 0.05) is 21.4 Å². The van der Waals surface area contributed by atoms with Crippen LogP contribution in [0.1, 0.15) is 5.69 Å². The SMILES string of the molecule is COC(=O)n1c(CBr)c(Br)c2cccnc21. The fourth-order valence-corrected chi connectivity index (χ4v) is 3.07. The topological polar surface area (TPSA) is 44.1 Å². The molecule has 16 heavy (non-hydrogen) atoms. The van der Waals surface area contributed by atoms with Crippen molar-refractivity contribution < 1.29 is 9.53 Å². The monoisotopic (exact) mass is 346 g/mol. The number of ether oxygens (including phenoxy) is 1. The van der Waals surface area contributed by atoms with Gasteiger partial charge in [-0.2, -0.15) is 0 Å². The summed E-state index contributed by atoms with van der Waals surface area (Å²) in [5.74, 6) is 0. The van der Waals surface area contributed by atoms with E-state index in [1.807, 2.05) is 12.1 Å². The molecule has 4 nitrogen and oxygen atoms in total. The molecule has 0 saturated heterocycles. The zero-order chi connectivity index (χ0) is 11.7. The predicted molar refractivity (Wildman–Crippen MR) is 67.9 cm³/mol. The molecule has 0 amide bonds. The lowest BCUT2D eigenvalue weighted by atomic mass is 10.3. The maximum absolute atomic E-state index is 11.7. The molecule has 2 aromatic rings. The zero-order valence-electron chi connectivity index (χ0n) is 8.41. The number of hydrogen-bond acceptors (Lipinski definition) is 3. The van der Waals surface area contributed by atoms with Crippen molar-refractivity contribution in [3.05, 3.63) is 28.5 Å². The summed E-state index contributed by atoms with van der Waals surface area (Å²) < 4.78 is 7.05. The molecule has 0 N–H and O–H groups in total. The maximum atomic E-state index is 11.7. The number of pyridine rings is 1. The zero-order valence-corrected chi connectivity index (χ0v) is 11.6. The minimum absolute atomic E-state index is 0.441. The van der Waals surface area contributed by atoms with Crippen LogP contribution in [0.2, 0.25) is 0 Å². The lowest BCUT2D eigenvalue weighted by Gasteiger charge is -2.04. The second-order valence-corrected chi connectivity index (χ2v) is 4.43. The second-order valence-electron chi connectivity index (χ2n) is 3.07. The van der Waals surface area contributed by atoms with E-state index < -0.39 is 6.09 Å². The third kappa shape index (κ3) is 1.66. The van der Waals surface area contributed by atoms with Gasteiger partial charge >= 0.3 is 6.09 Å². The normalized spacial score (nSPS) is 10.7. The van der Waals surface area contributed by atoms with Gasteiger partial charge < -0.3 is 4.74 Å². The fourth-order valence-electron chi connectivity index (χ4n) is 1.53. The molecular formula is C10H8Br2N2O2. The number of nitrogens with zero attached hydrogens (tertiary/aromatic N) is 2. The molecule has 0 radical (unpaired) electrons. The number of carbonyl (C=O) groups is 1. The van der Waals surface area contributed by atoms with Gasteiger partial charge in [0.05, 0.1) is 12.8 Å². The van der Waals surface area contributed by atoms with Crippen LogP contribution in [0.15, 0.2) is 22.8 Å². The van der Waals surface area contributed by atoms with Crippen LogP contribution in [0, 0.1) is 0 Å². The van der Waals surface area contributed by atoms with Crippen LogP contribution < -0.4 is 0 Å². The first-order valence-corrected chi connectivity index (χ1v) is 6.40. The molecule has 0 saturated carbocycles. The molecule has 0 aromatic carbocycles. The van der Waals surface area contributed by atoms with E-state index in [9.17, 15) is 4.79 Å². The molecule has 84 valence electrons. The van der Waals surface area contributed by atoms with E-state index in [4.69, 9.17) is 4.74 Å². The Bertz CT molecular complexity index is 551. The molecule has 0 fully saturated rings. The number of carbonyl (C=O) groups excluding carboxylic acids is 1. The molecule has 0 bridgehead atoms. The van der Waals surface area contributed by atoms with Crippen molar-refractivity contribution in [3.63, 3.8) is 0 Å². The van der Waals surface area contributed by atoms with E-state index in [-0.39, 0.29) is 0 Å². The Kier molecular flexibility index (Phi) is 3.30. The van der Waals surface area contributed by atoms with Gasteiger partial charge in [-0.25, -0.2) is 14.3 Å². The first kappa shape index (κ1) is 11.6. The van der Waals surface area contributed by atoms with Gasteiger partial charge in [-0.3, -0.25) is 0 Å². The van der Waals surface area contributed by atoms with E-state index in [1.165, 1.54) is 11.7 Å². The third-order valence-corrected chi connectivity index (χ3v) is 3.66. The number of halogens is 2. The molecule has 2 rings (SSSR count). The molecule has 6 heteroatoms. The Morgan fingerprint density at radius 2 is 2.38 bits per heavy atom. The first-order chi connectivity index (χ1) is 7.70. The molecule has 2 heterocycles. The Hall–Kier alpha value is -0.880. The minimum Gasteiger partial charge on any atom is -0.452 e. The third-order valence-electron chi connectivity index (χ3n) is 2.24. The number of fused-ring (bicyclic) bond motifs is 1. The number of methoxy groups -OCH3 is 1. The number of rotatable bonds is 1. The van der Waals surface area contributed by atoms with Gasteiger partial charge in [0.2, 0.25) is 0 Å². The van der Waals surface area contributed by atoms with Crippen molar-refractivity contribution in [1.29, 1.82) is 0 Å². The molecule has 0 aliphatic carbocycles. The smallest absolute Gasteiger partial charge is 0.419 e. The van der Waals surface area contributed by atoms with Crippen molar-refractivity contribution in [2.45, 2.75) is 5.33 Å². The van der Waals surface area contributed by atoms with Crippen LogP contribution in [0.3, 0.4) is 0 Å². The van der Waals surface area contributed by atoms with E-state index in [0.29, 0.717) is 11.0 Å². The summed E-state index contributed by atoms with van der Waals surface area (Å²) in [6.45, 7) is 0. The first-order valence-electron chi connectivity index (χ1n) is 4.48. The van der Waals surface area contributed by atoms with Gasteiger partial charge in [0.25, 0.3) is 0 Å². The highest BCUT2D eigenvalue weighted by Crippen LogP contribution is 2.31. The van der Waals surface area contributed by atoms with Crippen LogP contribution in [-0.4, -0.2) is 22.8 Å². The van der Waals surface area contributed by atoms with E-state index in [1.54, 1.807) is 6.20 Å². The van der Waals surface area contributed by atoms with Crippen molar-refractivity contribution >= 4 is 49.0 Å². The summed E-state index contributed by atoms with van der Waals surface area (Å²) in [7, 11) is 1.35. The summed E-state index contributed by atoms with van der Waals surface area (Å²) in [6, 6.07) is 3.73. The highest BCUT2D eigenvalue weighted by Gasteiger charge is 2.20. The highest BCUT2D eigenvalue weighted by molar-refractivity contribution is 9.11. The Labute approximate surface area is 109 Å². The van der Waals surface area contributed by atoms with Crippen LogP contribution in [0.4, 0.5) is 4.79 Å². The van der Waals surface area contributed by atoms with Crippen LogP contribution in [0.5, 0.6) is 0 Å². The standard InChI is InChI=1S/C10H8Br2N2O2/c1-16-10(15)14-7(5-11)8(12)6-3-2-4-13-9(6)14/h2-4H,5H2,1H3. The largest absolute Gasteiger partial charge is 0.452 e. The van der Waals surface area contributed by atoms with Crippen LogP contribution in [-0.2, 0) is 10.1 Å². The number of hydrogen-bond donors (Lipinski definition) is 0. The Balaban J connectivity index is 2.83. The summed E-state index contributed by atoms with van der Waals surface area (Å²) in [5, 5.41) is 1.43. The molecule has 2 aromatic heterocycles. The average Bonchev–Trinajstić information content (AvgIpc) is 2.62. The van der Waals surface area contributed by atoms with Crippen LogP contribution >= 0.6 is 31.9 Å². The predicted octanol–water partition coefficient (Wildman–Crippen LogP) is 3.31. The highest BCUT2D eigenvalue weighted by atomic mass is 79.9. The molecule has 0 aliphatic rings. The fraction of sp³-hybridized carbons (Fsp3) is 0.200. The Morgan fingerprint density at radius 3 is 3.00 bits per heavy atom. The lowest BCUT2D eigenvalue weighted by Crippen LogP contribution is -2.14. The molecule has 0 aliphatic heterocycles. The molecule has 0 atom stereocenters. The van der Waals surface area contributed by atoms with Gasteiger partial charge in [-0.1, -0.05) is 15.9 Å². The quantitative estimate of drug-likeness (QED) is 0.743. The summed E-state index contributed by atoms with van der Waals surface area (Å²) in [5.41, 5.74) is 1.39. The molecule has 0 spiro atoms. The van der Waals surface area contributed by atoms with Crippen molar-refractivity contribution in [2.75, 3.05) is 7.11 Å². The number of aromatic nitrogens is 2. The van der Waals surface area contributed by atoms with Crippen molar-refractivity contribution in [2.24, 2.45) is 0 Å². The van der Waals surface area contributed by atoms with E-state index >= 15 is 0 Å². The molecule has 0 unspecified atom stereocenters. The van der Waals surface area contributed by atoms with Gasteiger partial charge in [-0.05, 0) is 28.1 Å². The van der Waals surface area contributed by atoms with Crippen LogP contribution in [0.25, 0.3) is 11.0 Å². The van der Waals surface area contributed by atoms with Crippen molar-refractivity contribution in [1.82, 2.24) is 9.55 Å². The average molecular weight is 348 g/mol. The summed E-state index contributed by atoms with van der Waals surface area (Å²) in [4.78, 5) is 15.9. The lowest BCUT2D eigenvalue weighted by molar-refractivity contribution is 0.173. The molecular weight excluding hydrogens is 340 g/mol.